The molecule has 4 aromatic rings. The molecule has 1 atom stereocenters. The number of anilines is 2. The Morgan fingerprint density at radius 1 is 1.27 bits per heavy atom. The van der Waals surface area contributed by atoms with E-state index in [1.54, 1.807) is 24.3 Å². The van der Waals surface area contributed by atoms with Gasteiger partial charge >= 0.3 is 6.18 Å². The summed E-state index contributed by atoms with van der Waals surface area (Å²) < 4.78 is 43.7. The van der Waals surface area contributed by atoms with Gasteiger partial charge in [0, 0.05) is 42.4 Å². The fraction of sp³-hybridized carbons (Fsp3) is 0.355. The van der Waals surface area contributed by atoms with Crippen LogP contribution in [0.2, 0.25) is 0 Å². The van der Waals surface area contributed by atoms with Crippen LogP contribution in [0.3, 0.4) is 0 Å². The van der Waals surface area contributed by atoms with Crippen LogP contribution < -0.4 is 10.6 Å². The summed E-state index contributed by atoms with van der Waals surface area (Å²) in [5.41, 5.74) is 0.798. The average molecular weight is 620 g/mol. The molecule has 5 rings (SSSR count). The summed E-state index contributed by atoms with van der Waals surface area (Å²) in [5.74, 6) is -0.184. The average Bonchev–Trinajstić information content (AvgIpc) is 3.77. The number of amides is 2. The topological polar surface area (TPSA) is 133 Å². The second kappa shape index (κ2) is 13.2. The molecule has 1 unspecified atom stereocenters. The normalized spacial score (nSPS) is 14.8. The van der Waals surface area contributed by atoms with Gasteiger partial charge < -0.3 is 15.5 Å². The maximum Gasteiger partial charge on any atom is 0.435 e. The minimum absolute atomic E-state index is 0.0911. The number of carbonyl (C=O) groups is 2. The maximum absolute atomic E-state index is 13.8. The zero-order valence-corrected chi connectivity index (χ0v) is 24.6. The van der Waals surface area contributed by atoms with Crippen molar-refractivity contribution in [3.05, 3.63) is 72.5 Å². The second-order valence-corrected chi connectivity index (χ2v) is 10.6. The van der Waals surface area contributed by atoms with Crippen molar-refractivity contribution in [3.8, 4) is 17.3 Å². The molecule has 0 saturated carbocycles. The number of nitrogens with zero attached hydrogens (tertiary/aromatic N) is 7. The number of aromatic nitrogens is 5. The molecule has 2 amide bonds. The van der Waals surface area contributed by atoms with Gasteiger partial charge in [-0.05, 0) is 55.9 Å². The number of rotatable bonds is 11. The molecule has 14 heteroatoms. The molecule has 2 N–H and O–H groups in total. The minimum atomic E-state index is -4.74. The van der Waals surface area contributed by atoms with E-state index in [9.17, 15) is 22.8 Å². The van der Waals surface area contributed by atoms with E-state index in [4.69, 9.17) is 5.26 Å². The van der Waals surface area contributed by atoms with Crippen LogP contribution in [-0.2, 0) is 23.9 Å². The molecule has 0 spiro atoms. The Morgan fingerprint density at radius 2 is 2.09 bits per heavy atom. The van der Waals surface area contributed by atoms with Crippen LogP contribution in [0.4, 0.5) is 24.7 Å². The first-order chi connectivity index (χ1) is 21.6. The lowest BCUT2D eigenvalue weighted by molar-refractivity contribution is -0.141. The Balaban J connectivity index is 1.33. The third-order valence-corrected chi connectivity index (χ3v) is 7.76. The fourth-order valence-electron chi connectivity index (χ4n) is 5.63. The summed E-state index contributed by atoms with van der Waals surface area (Å²) in [6.45, 7) is 5.91. The number of likely N-dealkylation sites (tertiary alicyclic amines) is 1. The standard InChI is InChI=1S/C31H32F3N9O2/c1-3-5-7-22-8-6-13-42(22)26(44)18-38-30(45)23-10-9-21(16-20(23)4-2)39-28-29-37-17-25(43(29)15-12-36-28)24-19-41(14-11-35)40-27(24)31(32,33)34/h3,9-10,12,15-17,19,22H,1,4-8,13-14,18H2,2H3,(H,36,39)(H,38,45). The van der Waals surface area contributed by atoms with Crippen molar-refractivity contribution in [3.63, 3.8) is 0 Å². The Bertz CT molecular complexity index is 1770. The predicted molar refractivity (Wildman–Crippen MR) is 160 cm³/mol. The maximum atomic E-state index is 13.8. The van der Waals surface area contributed by atoms with Gasteiger partial charge in [0.05, 0.1) is 30.1 Å². The molecule has 1 aliphatic rings. The largest absolute Gasteiger partial charge is 0.435 e. The van der Waals surface area contributed by atoms with E-state index in [1.807, 2.05) is 17.9 Å². The van der Waals surface area contributed by atoms with E-state index in [-0.39, 0.29) is 53.7 Å². The van der Waals surface area contributed by atoms with Gasteiger partial charge in [0.2, 0.25) is 5.91 Å². The first kappa shape index (κ1) is 31.2. The van der Waals surface area contributed by atoms with Crippen molar-refractivity contribution < 1.29 is 22.8 Å². The number of benzene rings is 1. The molecule has 234 valence electrons. The van der Waals surface area contributed by atoms with Gasteiger partial charge in [-0.2, -0.15) is 23.5 Å². The number of hydrogen-bond donors (Lipinski definition) is 2. The highest BCUT2D eigenvalue weighted by Crippen LogP contribution is 2.37. The van der Waals surface area contributed by atoms with Gasteiger partial charge in [-0.3, -0.25) is 18.7 Å². The van der Waals surface area contributed by atoms with E-state index in [0.717, 1.165) is 35.9 Å². The monoisotopic (exact) mass is 619 g/mol. The molecule has 4 heterocycles. The number of nitrogens with one attached hydrogen (secondary N) is 2. The second-order valence-electron chi connectivity index (χ2n) is 10.6. The van der Waals surface area contributed by atoms with Crippen molar-refractivity contribution in [2.24, 2.45) is 0 Å². The highest BCUT2D eigenvalue weighted by Gasteiger charge is 2.38. The molecule has 3 aromatic heterocycles. The molecule has 0 aliphatic carbocycles. The summed E-state index contributed by atoms with van der Waals surface area (Å²) in [6.07, 6.45) is 6.60. The summed E-state index contributed by atoms with van der Waals surface area (Å²) >= 11 is 0. The number of hydrogen-bond acceptors (Lipinski definition) is 7. The van der Waals surface area contributed by atoms with E-state index in [2.05, 4.69) is 32.3 Å². The zero-order chi connectivity index (χ0) is 32.1. The highest BCUT2D eigenvalue weighted by atomic mass is 19.4. The molecule has 1 fully saturated rings. The third-order valence-electron chi connectivity index (χ3n) is 7.76. The molecule has 45 heavy (non-hydrogen) atoms. The van der Waals surface area contributed by atoms with Gasteiger partial charge in [0.25, 0.3) is 5.91 Å². The number of allylic oxidation sites excluding steroid dienone is 1. The van der Waals surface area contributed by atoms with E-state index >= 15 is 0 Å². The predicted octanol–water partition coefficient (Wildman–Crippen LogP) is 5.13. The molecule has 11 nitrogen and oxygen atoms in total. The first-order valence-corrected chi connectivity index (χ1v) is 14.6. The van der Waals surface area contributed by atoms with Gasteiger partial charge in [-0.25, -0.2) is 9.97 Å². The Hall–Kier alpha value is -5.19. The third kappa shape index (κ3) is 6.67. The summed E-state index contributed by atoms with van der Waals surface area (Å²) in [4.78, 5) is 36.4. The van der Waals surface area contributed by atoms with E-state index in [1.165, 1.54) is 29.2 Å². The lowest BCUT2D eigenvalue weighted by Crippen LogP contribution is -2.42. The van der Waals surface area contributed by atoms with E-state index in [0.29, 0.717) is 24.2 Å². The molecule has 1 aromatic carbocycles. The van der Waals surface area contributed by atoms with Gasteiger partial charge in [-0.1, -0.05) is 13.0 Å². The number of carbonyl (C=O) groups excluding carboxylic acids is 2. The molecule has 1 saturated heterocycles. The van der Waals surface area contributed by atoms with Gasteiger partial charge in [0.15, 0.2) is 17.2 Å². The lowest BCUT2D eigenvalue weighted by Gasteiger charge is -2.24. The lowest BCUT2D eigenvalue weighted by atomic mass is 10.0. The quantitative estimate of drug-likeness (QED) is 0.223. The fourth-order valence-corrected chi connectivity index (χ4v) is 5.63. The molecule has 0 radical (unpaired) electrons. The van der Waals surface area contributed by atoms with Crippen molar-refractivity contribution in [1.82, 2.24) is 34.4 Å². The van der Waals surface area contributed by atoms with Crippen LogP contribution in [0.25, 0.3) is 16.9 Å². The summed E-state index contributed by atoms with van der Waals surface area (Å²) in [7, 11) is 0. The number of imidazole rings is 1. The summed E-state index contributed by atoms with van der Waals surface area (Å²) in [5, 5.41) is 18.4. The minimum Gasteiger partial charge on any atom is -0.343 e. The number of halogens is 3. The van der Waals surface area contributed by atoms with Gasteiger partial charge in [0.1, 0.15) is 6.54 Å². The molecule has 0 bridgehead atoms. The van der Waals surface area contributed by atoms with E-state index < -0.39 is 11.9 Å². The molecular weight excluding hydrogens is 587 g/mol. The molecule has 1 aliphatic heterocycles. The Kier molecular flexibility index (Phi) is 9.17. The van der Waals surface area contributed by atoms with Crippen LogP contribution >= 0.6 is 0 Å². The zero-order valence-electron chi connectivity index (χ0n) is 24.6. The van der Waals surface area contributed by atoms with Gasteiger partial charge in [-0.15, -0.1) is 6.58 Å². The van der Waals surface area contributed by atoms with Crippen LogP contribution in [0.5, 0.6) is 0 Å². The van der Waals surface area contributed by atoms with Crippen LogP contribution in [0.1, 0.15) is 54.2 Å². The highest BCUT2D eigenvalue weighted by molar-refractivity contribution is 5.98. The van der Waals surface area contributed by atoms with Crippen molar-refractivity contribution in [1.29, 1.82) is 5.26 Å². The molecular formula is C31H32F3N9O2. The summed E-state index contributed by atoms with van der Waals surface area (Å²) in [6, 6.07) is 7.08. The van der Waals surface area contributed by atoms with Crippen LogP contribution in [0.15, 0.2) is 55.6 Å². The van der Waals surface area contributed by atoms with Crippen molar-refractivity contribution >= 4 is 29.0 Å². The van der Waals surface area contributed by atoms with Crippen LogP contribution in [-0.4, -0.2) is 60.0 Å². The van der Waals surface area contributed by atoms with Crippen LogP contribution in [0, 0.1) is 11.3 Å². The number of nitriles is 1. The number of aryl methyl sites for hydroxylation is 1. The van der Waals surface area contributed by atoms with Crippen molar-refractivity contribution in [2.75, 3.05) is 18.4 Å². The smallest absolute Gasteiger partial charge is 0.343 e. The Labute approximate surface area is 257 Å². The number of alkyl halides is 3. The number of fused-ring (bicyclic) bond motifs is 1. The van der Waals surface area contributed by atoms with Crippen molar-refractivity contribution in [2.45, 2.75) is 57.8 Å². The SMILES string of the molecule is C=CCCC1CCCN1C(=O)CNC(=O)c1ccc(Nc2nccn3c(-c4cn(CC#N)nc4C(F)(F)F)cnc23)cc1CC. The Morgan fingerprint density at radius 3 is 2.82 bits per heavy atom. The first-order valence-electron chi connectivity index (χ1n) is 14.6.